The molecule has 3 rings (SSSR count). The van der Waals surface area contributed by atoms with Gasteiger partial charge in [-0.15, -0.1) is 23.2 Å². The Kier molecular flexibility index (Phi) is 4.26. The molecule has 126 valence electrons. The fourth-order valence-electron chi connectivity index (χ4n) is 4.20. The highest BCUT2D eigenvalue weighted by Crippen LogP contribution is 2.76. The van der Waals surface area contributed by atoms with Crippen molar-refractivity contribution in [2.24, 2.45) is 11.8 Å². The lowest BCUT2D eigenvalue weighted by atomic mass is 9.83. The van der Waals surface area contributed by atoms with Gasteiger partial charge in [0.25, 0.3) is 0 Å². The van der Waals surface area contributed by atoms with Crippen LogP contribution in [0.15, 0.2) is 10.1 Å². The molecule has 0 aromatic rings. The molecule has 6 atom stereocenters. The van der Waals surface area contributed by atoms with Gasteiger partial charge in [0.05, 0.1) is 10.1 Å². The summed E-state index contributed by atoms with van der Waals surface area (Å²) in [5, 5.41) is 0.358. The van der Waals surface area contributed by atoms with Crippen LogP contribution in [0, 0.1) is 11.8 Å². The van der Waals surface area contributed by atoms with E-state index in [1.807, 2.05) is 0 Å². The van der Waals surface area contributed by atoms with Gasteiger partial charge in [-0.3, -0.25) is 0 Å². The zero-order valence-electron chi connectivity index (χ0n) is 12.4. The summed E-state index contributed by atoms with van der Waals surface area (Å²) in [5.74, 6) is -2.39. The SMILES string of the molecule is CO[C@@H]1O[C@H](OC)[C@@H]2[C@H]1[C@]1(Cl)C(Cl)=C(Cl)[C@@]2(Cl)C1(OC)OC. The molecule has 0 aromatic carbocycles. The summed E-state index contributed by atoms with van der Waals surface area (Å²) in [6, 6.07) is 0. The molecule has 1 saturated heterocycles. The first-order valence-electron chi connectivity index (χ1n) is 6.57. The van der Waals surface area contributed by atoms with Crippen LogP contribution in [0.3, 0.4) is 0 Å². The first-order valence-corrected chi connectivity index (χ1v) is 8.08. The lowest BCUT2D eigenvalue weighted by Crippen LogP contribution is -2.59. The second-order valence-electron chi connectivity index (χ2n) is 5.47. The lowest BCUT2D eigenvalue weighted by Gasteiger charge is -2.42. The Bertz CT molecular complexity index is 485. The van der Waals surface area contributed by atoms with Gasteiger partial charge in [0.2, 0.25) is 5.79 Å². The zero-order chi connectivity index (χ0) is 16.5. The summed E-state index contributed by atoms with van der Waals surface area (Å²) in [6.07, 6.45) is -1.37. The van der Waals surface area contributed by atoms with Crippen LogP contribution in [-0.2, 0) is 23.7 Å². The van der Waals surface area contributed by atoms with Crippen molar-refractivity contribution in [1.82, 2.24) is 0 Å². The van der Waals surface area contributed by atoms with Crippen LogP contribution in [0.4, 0.5) is 0 Å². The Balaban J connectivity index is 2.28. The topological polar surface area (TPSA) is 46.2 Å². The second-order valence-corrected chi connectivity index (χ2v) is 7.42. The van der Waals surface area contributed by atoms with Crippen LogP contribution >= 0.6 is 46.4 Å². The third kappa shape index (κ3) is 1.52. The summed E-state index contributed by atoms with van der Waals surface area (Å²) < 4.78 is 27.8. The summed E-state index contributed by atoms with van der Waals surface area (Å²) in [5.41, 5.74) is 0. The number of halogens is 4. The predicted molar refractivity (Wildman–Crippen MR) is 82.3 cm³/mol. The van der Waals surface area contributed by atoms with Crippen molar-refractivity contribution in [3.63, 3.8) is 0 Å². The first kappa shape index (κ1) is 17.5. The van der Waals surface area contributed by atoms with Gasteiger partial charge >= 0.3 is 0 Å². The van der Waals surface area contributed by atoms with Crippen LogP contribution < -0.4 is 0 Å². The molecule has 0 radical (unpaired) electrons. The van der Waals surface area contributed by atoms with E-state index >= 15 is 0 Å². The van der Waals surface area contributed by atoms with Crippen molar-refractivity contribution in [3.8, 4) is 0 Å². The molecule has 0 aromatic heterocycles. The van der Waals surface area contributed by atoms with Crippen molar-refractivity contribution < 1.29 is 23.7 Å². The minimum Gasteiger partial charge on any atom is -0.355 e. The van der Waals surface area contributed by atoms with Crippen molar-refractivity contribution >= 4 is 46.4 Å². The summed E-state index contributed by atoms with van der Waals surface area (Å²) in [6.45, 7) is 0. The maximum atomic E-state index is 6.93. The van der Waals surface area contributed by atoms with Crippen molar-refractivity contribution in [1.29, 1.82) is 0 Å². The molecule has 0 N–H and O–H groups in total. The number of hydrogen-bond acceptors (Lipinski definition) is 5. The molecule has 1 heterocycles. The van der Waals surface area contributed by atoms with Crippen LogP contribution in [0.2, 0.25) is 0 Å². The van der Waals surface area contributed by atoms with Crippen molar-refractivity contribution in [2.45, 2.75) is 28.1 Å². The third-order valence-electron chi connectivity index (χ3n) is 4.99. The standard InChI is InChI=1S/C13H16Cl4O5/c1-18-9-5-6(10(19-2)22-9)12(17)8(15)7(14)11(5,16)13(12,20-3)21-4/h5-6,9-10H,1-4H3/t5-,6+,9-,10+,11+,12-. The van der Waals surface area contributed by atoms with E-state index in [0.29, 0.717) is 0 Å². The van der Waals surface area contributed by atoms with E-state index in [1.54, 1.807) is 0 Å². The molecule has 22 heavy (non-hydrogen) atoms. The van der Waals surface area contributed by atoms with Crippen LogP contribution in [0.5, 0.6) is 0 Å². The Morgan fingerprint density at radius 3 is 1.45 bits per heavy atom. The predicted octanol–water partition coefficient (Wildman–Crippen LogP) is 2.85. The van der Waals surface area contributed by atoms with Gasteiger partial charge in [-0.2, -0.15) is 0 Å². The van der Waals surface area contributed by atoms with Gasteiger partial charge in [-0.25, -0.2) is 0 Å². The molecule has 0 spiro atoms. The minimum absolute atomic E-state index is 0.179. The smallest absolute Gasteiger partial charge is 0.218 e. The molecule has 9 heteroatoms. The number of fused-ring (bicyclic) bond motifs is 5. The second kappa shape index (κ2) is 5.35. The van der Waals surface area contributed by atoms with Crippen LogP contribution in [0.1, 0.15) is 0 Å². The Hall–Kier alpha value is 0.700. The third-order valence-corrected chi connectivity index (χ3v) is 7.63. The van der Waals surface area contributed by atoms with Gasteiger partial charge in [0.15, 0.2) is 12.6 Å². The Morgan fingerprint density at radius 2 is 1.18 bits per heavy atom. The molecule has 2 aliphatic carbocycles. The summed E-state index contributed by atoms with van der Waals surface area (Å²) in [4.78, 5) is -2.70. The average Bonchev–Trinajstić information content (AvgIpc) is 3.03. The monoisotopic (exact) mass is 392 g/mol. The quantitative estimate of drug-likeness (QED) is 0.542. The summed E-state index contributed by atoms with van der Waals surface area (Å²) in [7, 11) is 5.91. The zero-order valence-corrected chi connectivity index (χ0v) is 15.4. The van der Waals surface area contributed by atoms with E-state index in [0.717, 1.165) is 0 Å². The molecule has 0 amide bonds. The normalized spacial score (nSPS) is 49.1. The van der Waals surface area contributed by atoms with E-state index in [9.17, 15) is 0 Å². The summed E-state index contributed by atoms with van der Waals surface area (Å²) >= 11 is 26.7. The number of hydrogen-bond donors (Lipinski definition) is 0. The molecule has 1 aliphatic heterocycles. The molecule has 2 fully saturated rings. The average molecular weight is 394 g/mol. The molecular formula is C13H16Cl4O5. The molecule has 2 bridgehead atoms. The van der Waals surface area contributed by atoms with E-state index in [2.05, 4.69) is 0 Å². The number of methoxy groups -OCH3 is 4. The van der Waals surface area contributed by atoms with Crippen molar-refractivity contribution in [2.75, 3.05) is 28.4 Å². The first-order chi connectivity index (χ1) is 10.3. The Morgan fingerprint density at radius 1 is 0.818 bits per heavy atom. The Labute approximate surface area is 148 Å². The highest BCUT2D eigenvalue weighted by atomic mass is 35.5. The molecule has 5 nitrogen and oxygen atoms in total. The van der Waals surface area contributed by atoms with Gasteiger partial charge < -0.3 is 23.7 Å². The van der Waals surface area contributed by atoms with Gasteiger partial charge in [0, 0.05) is 40.3 Å². The van der Waals surface area contributed by atoms with Crippen molar-refractivity contribution in [3.05, 3.63) is 10.1 Å². The molecule has 0 unspecified atom stereocenters. The van der Waals surface area contributed by atoms with E-state index < -0.39 is 40.0 Å². The minimum atomic E-state index is -1.47. The molecule has 1 saturated carbocycles. The number of alkyl halides is 2. The number of ether oxygens (including phenoxy) is 5. The van der Waals surface area contributed by atoms with E-state index in [4.69, 9.17) is 70.1 Å². The molecule has 3 aliphatic rings. The van der Waals surface area contributed by atoms with E-state index in [-0.39, 0.29) is 10.1 Å². The highest BCUT2D eigenvalue weighted by Gasteiger charge is 2.88. The highest BCUT2D eigenvalue weighted by molar-refractivity contribution is 6.52. The lowest BCUT2D eigenvalue weighted by molar-refractivity contribution is -0.254. The van der Waals surface area contributed by atoms with Gasteiger partial charge in [-0.05, 0) is 0 Å². The van der Waals surface area contributed by atoms with Crippen LogP contribution in [-0.4, -0.2) is 56.6 Å². The van der Waals surface area contributed by atoms with Gasteiger partial charge in [-0.1, -0.05) is 23.2 Å². The van der Waals surface area contributed by atoms with Crippen LogP contribution in [0.25, 0.3) is 0 Å². The fraction of sp³-hybridized carbons (Fsp3) is 0.846. The van der Waals surface area contributed by atoms with E-state index in [1.165, 1.54) is 28.4 Å². The molecular weight excluding hydrogens is 378 g/mol. The maximum absolute atomic E-state index is 6.93. The number of rotatable bonds is 4. The fourth-order valence-corrected chi connectivity index (χ4v) is 6.41. The maximum Gasteiger partial charge on any atom is 0.218 e. The largest absolute Gasteiger partial charge is 0.355 e. The van der Waals surface area contributed by atoms with Gasteiger partial charge in [0.1, 0.15) is 9.75 Å².